The number of anilines is 2. The van der Waals surface area contributed by atoms with Crippen LogP contribution < -0.4 is 10.6 Å². The van der Waals surface area contributed by atoms with Gasteiger partial charge in [0, 0.05) is 31.9 Å². The highest BCUT2D eigenvalue weighted by Crippen LogP contribution is 2.45. The Bertz CT molecular complexity index is 1280. The van der Waals surface area contributed by atoms with E-state index in [0.29, 0.717) is 5.02 Å². The molecule has 1 heterocycles. The number of fused-ring (bicyclic) bond motifs is 1. The van der Waals surface area contributed by atoms with Crippen molar-refractivity contribution in [2.75, 3.05) is 10.6 Å². The molecule has 0 atom stereocenters. The number of thiophene rings is 1. The van der Waals surface area contributed by atoms with Crippen molar-refractivity contribution < 1.29 is 4.79 Å². The molecule has 0 spiro atoms. The Morgan fingerprint density at radius 3 is 2.33 bits per heavy atom. The standard InChI is InChI=1S/C25H23ClN2OS/c1-14-9-10-21(17(4)11-14)27-25(29)28-24-23(18-7-5-6-8-20(18)26)19-12-15(2)16(3)13-22(19)30-24/h5-13H,1-4H3,(H2,27,28,29). The molecule has 4 aromatic rings. The van der Waals surface area contributed by atoms with Gasteiger partial charge in [-0.05, 0) is 68.7 Å². The second-order valence-electron chi connectivity index (χ2n) is 7.62. The molecular weight excluding hydrogens is 412 g/mol. The van der Waals surface area contributed by atoms with Crippen LogP contribution >= 0.6 is 22.9 Å². The molecule has 0 aliphatic heterocycles. The van der Waals surface area contributed by atoms with Crippen LogP contribution in [0.1, 0.15) is 22.3 Å². The number of hydrogen-bond acceptors (Lipinski definition) is 2. The minimum atomic E-state index is -0.268. The highest BCUT2D eigenvalue weighted by atomic mass is 35.5. The van der Waals surface area contributed by atoms with Crippen molar-refractivity contribution in [2.45, 2.75) is 27.7 Å². The van der Waals surface area contributed by atoms with Crippen LogP contribution in [0.15, 0.2) is 54.6 Å². The van der Waals surface area contributed by atoms with Crippen LogP contribution in [0.5, 0.6) is 0 Å². The third-order valence-electron chi connectivity index (χ3n) is 5.30. The van der Waals surface area contributed by atoms with Gasteiger partial charge in [0.05, 0.1) is 0 Å². The number of urea groups is 1. The molecule has 1 aromatic heterocycles. The Morgan fingerprint density at radius 2 is 1.60 bits per heavy atom. The zero-order valence-corrected chi connectivity index (χ0v) is 19.0. The highest BCUT2D eigenvalue weighted by Gasteiger charge is 2.19. The van der Waals surface area contributed by atoms with Crippen molar-refractivity contribution in [1.29, 1.82) is 0 Å². The zero-order chi connectivity index (χ0) is 21.4. The first kappa shape index (κ1) is 20.5. The van der Waals surface area contributed by atoms with Gasteiger partial charge in [0.25, 0.3) is 0 Å². The molecule has 0 unspecified atom stereocenters. The third-order valence-corrected chi connectivity index (χ3v) is 6.70. The number of aryl methyl sites for hydroxylation is 4. The Labute approximate surface area is 185 Å². The first-order valence-electron chi connectivity index (χ1n) is 9.77. The van der Waals surface area contributed by atoms with Gasteiger partial charge in [-0.2, -0.15) is 0 Å². The van der Waals surface area contributed by atoms with E-state index in [9.17, 15) is 4.79 Å². The summed E-state index contributed by atoms with van der Waals surface area (Å²) in [6.45, 7) is 8.23. The average molecular weight is 435 g/mol. The molecule has 2 N–H and O–H groups in total. The molecule has 3 nitrogen and oxygen atoms in total. The highest BCUT2D eigenvalue weighted by molar-refractivity contribution is 7.23. The number of carbonyl (C=O) groups excluding carboxylic acids is 1. The normalized spacial score (nSPS) is 11.0. The van der Waals surface area contributed by atoms with Crippen LogP contribution in [0.25, 0.3) is 21.2 Å². The lowest BCUT2D eigenvalue weighted by Gasteiger charge is -2.12. The summed E-state index contributed by atoms with van der Waals surface area (Å²) in [6, 6.07) is 17.8. The van der Waals surface area contributed by atoms with Gasteiger partial charge in [-0.1, -0.05) is 47.5 Å². The Balaban J connectivity index is 1.77. The average Bonchev–Trinajstić information content (AvgIpc) is 3.01. The third kappa shape index (κ3) is 3.93. The summed E-state index contributed by atoms with van der Waals surface area (Å²) < 4.78 is 1.12. The van der Waals surface area contributed by atoms with Crippen LogP contribution in [-0.4, -0.2) is 6.03 Å². The van der Waals surface area contributed by atoms with E-state index in [4.69, 9.17) is 11.6 Å². The van der Waals surface area contributed by atoms with Gasteiger partial charge in [-0.3, -0.25) is 5.32 Å². The van der Waals surface area contributed by atoms with Crippen molar-refractivity contribution in [3.05, 3.63) is 81.9 Å². The van der Waals surface area contributed by atoms with Gasteiger partial charge in [0.2, 0.25) is 0 Å². The summed E-state index contributed by atoms with van der Waals surface area (Å²) in [5, 5.41) is 8.57. The quantitative estimate of drug-likeness (QED) is 0.336. The predicted octanol–water partition coefficient (Wildman–Crippen LogP) is 8.10. The van der Waals surface area contributed by atoms with Gasteiger partial charge in [-0.15, -0.1) is 11.3 Å². The second-order valence-corrected chi connectivity index (χ2v) is 9.08. The molecule has 4 rings (SSSR count). The van der Waals surface area contributed by atoms with E-state index in [0.717, 1.165) is 43.0 Å². The second kappa shape index (κ2) is 8.13. The molecular formula is C25H23ClN2OS. The Hall–Kier alpha value is -2.82. The summed E-state index contributed by atoms with van der Waals surface area (Å²) in [5.74, 6) is 0. The maximum Gasteiger partial charge on any atom is 0.324 e. The van der Waals surface area contributed by atoms with E-state index < -0.39 is 0 Å². The molecule has 2 amide bonds. The van der Waals surface area contributed by atoms with Crippen molar-refractivity contribution in [1.82, 2.24) is 0 Å². The number of rotatable bonds is 3. The zero-order valence-electron chi connectivity index (χ0n) is 17.4. The topological polar surface area (TPSA) is 41.1 Å². The molecule has 0 saturated carbocycles. The van der Waals surface area contributed by atoms with Gasteiger partial charge < -0.3 is 5.32 Å². The number of carbonyl (C=O) groups is 1. The molecule has 152 valence electrons. The van der Waals surface area contributed by atoms with Gasteiger partial charge in [-0.25, -0.2) is 4.79 Å². The lowest BCUT2D eigenvalue weighted by Crippen LogP contribution is -2.19. The van der Waals surface area contributed by atoms with E-state index in [1.807, 2.05) is 50.2 Å². The number of hydrogen-bond donors (Lipinski definition) is 2. The summed E-state index contributed by atoms with van der Waals surface area (Å²) in [6.07, 6.45) is 0. The molecule has 0 radical (unpaired) electrons. The molecule has 0 fully saturated rings. The van der Waals surface area contributed by atoms with Crippen molar-refractivity contribution >= 4 is 49.7 Å². The lowest BCUT2D eigenvalue weighted by atomic mass is 10.0. The number of benzene rings is 3. The van der Waals surface area contributed by atoms with E-state index in [2.05, 4.69) is 42.7 Å². The molecule has 0 aliphatic rings. The molecule has 3 aromatic carbocycles. The largest absolute Gasteiger partial charge is 0.324 e. The minimum absolute atomic E-state index is 0.268. The molecule has 0 saturated heterocycles. The fourth-order valence-corrected chi connectivity index (χ4v) is 5.01. The maximum absolute atomic E-state index is 12.8. The summed E-state index contributed by atoms with van der Waals surface area (Å²) in [4.78, 5) is 12.8. The fraction of sp³-hybridized carbons (Fsp3) is 0.160. The van der Waals surface area contributed by atoms with Crippen LogP contribution in [-0.2, 0) is 0 Å². The van der Waals surface area contributed by atoms with Crippen molar-refractivity contribution in [2.24, 2.45) is 0 Å². The van der Waals surface area contributed by atoms with Gasteiger partial charge in [0.1, 0.15) is 5.00 Å². The molecule has 0 aliphatic carbocycles. The van der Waals surface area contributed by atoms with Crippen LogP contribution in [0.4, 0.5) is 15.5 Å². The van der Waals surface area contributed by atoms with E-state index >= 15 is 0 Å². The number of nitrogens with one attached hydrogen (secondary N) is 2. The lowest BCUT2D eigenvalue weighted by molar-refractivity contribution is 0.262. The van der Waals surface area contributed by atoms with E-state index in [1.54, 1.807) is 11.3 Å². The first-order chi connectivity index (χ1) is 14.3. The maximum atomic E-state index is 12.8. The first-order valence-corrected chi connectivity index (χ1v) is 11.0. The summed E-state index contributed by atoms with van der Waals surface area (Å²) in [5.41, 5.74) is 7.29. The monoisotopic (exact) mass is 434 g/mol. The smallest absolute Gasteiger partial charge is 0.307 e. The van der Waals surface area contributed by atoms with Crippen LogP contribution in [0.3, 0.4) is 0 Å². The molecule has 0 bridgehead atoms. The van der Waals surface area contributed by atoms with Gasteiger partial charge >= 0.3 is 6.03 Å². The summed E-state index contributed by atoms with van der Waals surface area (Å²) >= 11 is 8.10. The van der Waals surface area contributed by atoms with Crippen molar-refractivity contribution in [3.63, 3.8) is 0 Å². The van der Waals surface area contributed by atoms with Crippen LogP contribution in [0.2, 0.25) is 5.02 Å². The SMILES string of the molecule is Cc1ccc(NC(=O)Nc2sc3cc(C)c(C)cc3c2-c2ccccc2Cl)c(C)c1. The van der Waals surface area contributed by atoms with Crippen LogP contribution in [0, 0.1) is 27.7 Å². The molecule has 30 heavy (non-hydrogen) atoms. The van der Waals surface area contributed by atoms with Gasteiger partial charge in [0.15, 0.2) is 0 Å². The Morgan fingerprint density at radius 1 is 0.867 bits per heavy atom. The van der Waals surface area contributed by atoms with Crippen molar-refractivity contribution in [3.8, 4) is 11.1 Å². The summed E-state index contributed by atoms with van der Waals surface area (Å²) in [7, 11) is 0. The Kier molecular flexibility index (Phi) is 5.54. The number of halogens is 1. The van der Waals surface area contributed by atoms with E-state index in [1.165, 1.54) is 11.1 Å². The minimum Gasteiger partial charge on any atom is -0.307 e. The number of amides is 2. The van der Waals surface area contributed by atoms with E-state index in [-0.39, 0.29) is 6.03 Å². The fourth-order valence-electron chi connectivity index (χ4n) is 3.58. The predicted molar refractivity (Wildman–Crippen MR) is 130 cm³/mol. The molecule has 5 heteroatoms.